The van der Waals surface area contributed by atoms with Gasteiger partial charge >= 0.3 is 0 Å². The van der Waals surface area contributed by atoms with Gasteiger partial charge in [0.25, 0.3) is 0 Å². The highest BCUT2D eigenvalue weighted by molar-refractivity contribution is 5.82. The van der Waals surface area contributed by atoms with Crippen LogP contribution in [0.2, 0.25) is 0 Å². The first kappa shape index (κ1) is 17.7. The smallest absolute Gasteiger partial charge is 0.239 e. The summed E-state index contributed by atoms with van der Waals surface area (Å²) in [5.41, 5.74) is 6.97. The van der Waals surface area contributed by atoms with Crippen LogP contribution >= 0.6 is 0 Å². The van der Waals surface area contributed by atoms with Crippen LogP contribution in [-0.2, 0) is 4.79 Å². The van der Waals surface area contributed by atoms with E-state index in [1.807, 2.05) is 31.7 Å². The van der Waals surface area contributed by atoms with E-state index in [-0.39, 0.29) is 11.8 Å². The summed E-state index contributed by atoms with van der Waals surface area (Å²) in [5, 5.41) is 0. The molecular formula is C17H29N5O. The van der Waals surface area contributed by atoms with Crippen LogP contribution in [0.1, 0.15) is 45.1 Å². The molecule has 1 fully saturated rings. The zero-order valence-corrected chi connectivity index (χ0v) is 14.9. The first-order valence-corrected chi connectivity index (χ1v) is 8.44. The maximum absolute atomic E-state index is 12.3. The average Bonchev–Trinajstić information content (AvgIpc) is 2.52. The normalized spacial score (nSPS) is 17.0. The highest BCUT2D eigenvalue weighted by atomic mass is 16.2. The van der Waals surface area contributed by atoms with E-state index in [0.29, 0.717) is 19.0 Å². The van der Waals surface area contributed by atoms with Crippen molar-refractivity contribution in [2.45, 2.75) is 46.6 Å². The van der Waals surface area contributed by atoms with Gasteiger partial charge in [0.2, 0.25) is 5.91 Å². The third-order valence-corrected chi connectivity index (χ3v) is 4.29. The number of nitrogens with two attached hydrogens (primary N) is 1. The van der Waals surface area contributed by atoms with Crippen LogP contribution in [-0.4, -0.2) is 53.0 Å². The number of aromatic nitrogens is 2. The van der Waals surface area contributed by atoms with E-state index in [1.165, 1.54) is 0 Å². The molecule has 0 aromatic carbocycles. The van der Waals surface area contributed by atoms with E-state index in [0.717, 1.165) is 30.4 Å². The minimum atomic E-state index is -0.407. The fourth-order valence-corrected chi connectivity index (χ4v) is 2.65. The maximum atomic E-state index is 12.3. The third-order valence-electron chi connectivity index (χ3n) is 4.29. The van der Waals surface area contributed by atoms with Gasteiger partial charge in [-0.15, -0.1) is 0 Å². The van der Waals surface area contributed by atoms with Crippen molar-refractivity contribution < 1.29 is 4.79 Å². The summed E-state index contributed by atoms with van der Waals surface area (Å²) < 4.78 is 0. The number of nitrogens with zero attached hydrogens (tertiary/aromatic N) is 4. The molecule has 1 aromatic heterocycles. The molecule has 128 valence electrons. The quantitative estimate of drug-likeness (QED) is 0.911. The Morgan fingerprint density at radius 3 is 2.26 bits per heavy atom. The number of carbonyl (C=O) groups is 1. The Bertz CT molecular complexity index is 550. The number of rotatable bonds is 4. The fourth-order valence-electron chi connectivity index (χ4n) is 2.65. The Labute approximate surface area is 139 Å². The van der Waals surface area contributed by atoms with E-state index in [2.05, 4.69) is 28.7 Å². The van der Waals surface area contributed by atoms with Crippen LogP contribution in [0.15, 0.2) is 6.07 Å². The van der Waals surface area contributed by atoms with Crippen LogP contribution in [0.4, 0.5) is 5.82 Å². The molecule has 2 heterocycles. The Hall–Kier alpha value is -1.69. The van der Waals surface area contributed by atoms with Crippen molar-refractivity contribution in [1.29, 1.82) is 0 Å². The van der Waals surface area contributed by atoms with Crippen molar-refractivity contribution in [3.63, 3.8) is 0 Å². The van der Waals surface area contributed by atoms with Crippen molar-refractivity contribution in [2.24, 2.45) is 11.7 Å². The Morgan fingerprint density at radius 1 is 1.13 bits per heavy atom. The lowest BCUT2D eigenvalue weighted by atomic mass is 10.0. The van der Waals surface area contributed by atoms with Crippen LogP contribution < -0.4 is 10.6 Å². The lowest BCUT2D eigenvalue weighted by Gasteiger charge is -2.37. The molecule has 2 N–H and O–H groups in total. The van der Waals surface area contributed by atoms with Gasteiger partial charge in [0.05, 0.1) is 6.04 Å². The molecule has 23 heavy (non-hydrogen) atoms. The van der Waals surface area contributed by atoms with Gasteiger partial charge in [-0.25, -0.2) is 9.97 Å². The summed E-state index contributed by atoms with van der Waals surface area (Å²) in [6.07, 6.45) is 0. The van der Waals surface area contributed by atoms with Crippen molar-refractivity contribution in [3.05, 3.63) is 17.6 Å². The van der Waals surface area contributed by atoms with Gasteiger partial charge in [-0.3, -0.25) is 4.79 Å². The highest BCUT2D eigenvalue weighted by Gasteiger charge is 2.27. The minimum absolute atomic E-state index is 0.0568. The molecule has 6 nitrogen and oxygen atoms in total. The lowest BCUT2D eigenvalue weighted by Crippen LogP contribution is -2.54. The van der Waals surface area contributed by atoms with Crippen LogP contribution in [0, 0.1) is 12.8 Å². The Balaban J connectivity index is 2.03. The number of carbonyl (C=O) groups excluding carboxylic acids is 1. The molecule has 1 aliphatic rings. The van der Waals surface area contributed by atoms with E-state index in [4.69, 9.17) is 5.73 Å². The molecule has 2 rings (SSSR count). The molecule has 1 saturated heterocycles. The topological polar surface area (TPSA) is 75.3 Å². The zero-order valence-electron chi connectivity index (χ0n) is 14.9. The molecule has 1 atom stereocenters. The molecule has 0 aliphatic carbocycles. The first-order chi connectivity index (χ1) is 10.8. The maximum Gasteiger partial charge on any atom is 0.239 e. The fraction of sp³-hybridized carbons (Fsp3) is 0.706. The summed E-state index contributed by atoms with van der Waals surface area (Å²) in [5.74, 6) is 2.36. The second kappa shape index (κ2) is 7.25. The van der Waals surface area contributed by atoms with Gasteiger partial charge in [-0.05, 0) is 12.8 Å². The predicted molar refractivity (Wildman–Crippen MR) is 92.5 cm³/mol. The molecule has 0 spiro atoms. The van der Waals surface area contributed by atoms with Gasteiger partial charge in [0.1, 0.15) is 11.6 Å². The van der Waals surface area contributed by atoms with Gasteiger partial charge < -0.3 is 15.5 Å². The number of hydrogen-bond donors (Lipinski definition) is 1. The molecule has 6 heteroatoms. The second-order valence-corrected chi connectivity index (χ2v) is 6.96. The van der Waals surface area contributed by atoms with Crippen molar-refractivity contribution in [3.8, 4) is 0 Å². The summed E-state index contributed by atoms with van der Waals surface area (Å²) in [7, 11) is 0. The van der Waals surface area contributed by atoms with E-state index >= 15 is 0 Å². The summed E-state index contributed by atoms with van der Waals surface area (Å²) >= 11 is 0. The third kappa shape index (κ3) is 4.19. The van der Waals surface area contributed by atoms with Gasteiger partial charge in [0.15, 0.2) is 0 Å². The molecule has 0 radical (unpaired) electrons. The lowest BCUT2D eigenvalue weighted by molar-refractivity contribution is -0.133. The average molecular weight is 319 g/mol. The van der Waals surface area contributed by atoms with Crippen LogP contribution in [0.5, 0.6) is 0 Å². The molecule has 0 unspecified atom stereocenters. The number of piperazine rings is 1. The van der Waals surface area contributed by atoms with Gasteiger partial charge in [-0.2, -0.15) is 0 Å². The number of aryl methyl sites for hydroxylation is 1. The first-order valence-electron chi connectivity index (χ1n) is 8.44. The van der Waals surface area contributed by atoms with Crippen LogP contribution in [0.3, 0.4) is 0 Å². The molecule has 1 amide bonds. The number of anilines is 1. The number of amides is 1. The highest BCUT2D eigenvalue weighted by Crippen LogP contribution is 2.19. The summed E-state index contributed by atoms with van der Waals surface area (Å²) in [6, 6.07) is 1.61. The Morgan fingerprint density at radius 2 is 1.74 bits per heavy atom. The molecule has 1 aliphatic heterocycles. The monoisotopic (exact) mass is 319 g/mol. The minimum Gasteiger partial charge on any atom is -0.353 e. The largest absolute Gasteiger partial charge is 0.353 e. The molecular weight excluding hydrogens is 290 g/mol. The van der Waals surface area contributed by atoms with Gasteiger partial charge in [-0.1, -0.05) is 27.7 Å². The molecule has 1 aromatic rings. The summed E-state index contributed by atoms with van der Waals surface area (Å²) in [4.78, 5) is 25.6. The van der Waals surface area contributed by atoms with E-state index < -0.39 is 6.04 Å². The molecule has 0 saturated carbocycles. The zero-order chi connectivity index (χ0) is 17.1. The Kier molecular flexibility index (Phi) is 5.57. The standard InChI is InChI=1S/C17H29N5O/c1-11(2)15(18)17(23)22-8-6-21(7-9-22)14-10-13(5)19-16(20-14)12(3)4/h10-12,15H,6-9,18H2,1-5H3/t15-/m0/s1. The van der Waals surface area contributed by atoms with E-state index in [1.54, 1.807) is 0 Å². The van der Waals surface area contributed by atoms with Crippen LogP contribution in [0.25, 0.3) is 0 Å². The number of hydrogen-bond acceptors (Lipinski definition) is 5. The van der Waals surface area contributed by atoms with E-state index in [9.17, 15) is 4.79 Å². The van der Waals surface area contributed by atoms with Crippen molar-refractivity contribution in [1.82, 2.24) is 14.9 Å². The van der Waals surface area contributed by atoms with Gasteiger partial charge in [0, 0.05) is 43.9 Å². The predicted octanol–water partition coefficient (Wildman–Crippen LogP) is 1.54. The van der Waals surface area contributed by atoms with Crippen molar-refractivity contribution >= 4 is 11.7 Å². The summed E-state index contributed by atoms with van der Waals surface area (Å²) in [6.45, 7) is 13.1. The van der Waals surface area contributed by atoms with Crippen molar-refractivity contribution in [2.75, 3.05) is 31.1 Å². The SMILES string of the molecule is Cc1cc(N2CCN(C(=O)[C@@H](N)C(C)C)CC2)nc(C(C)C)n1. The molecule has 0 bridgehead atoms. The second-order valence-electron chi connectivity index (χ2n) is 6.96.